The van der Waals surface area contributed by atoms with Crippen molar-refractivity contribution < 1.29 is 0 Å². The number of nitrogens with zero attached hydrogens (tertiary/aromatic N) is 2. The lowest BCUT2D eigenvalue weighted by molar-refractivity contribution is 0.109. The highest BCUT2D eigenvalue weighted by molar-refractivity contribution is 4.97. The highest BCUT2D eigenvalue weighted by Crippen LogP contribution is 2.45. The van der Waals surface area contributed by atoms with Gasteiger partial charge in [0.05, 0.1) is 0 Å². The van der Waals surface area contributed by atoms with Gasteiger partial charge in [-0.25, -0.2) is 0 Å². The number of nitrogens with two attached hydrogens (primary N) is 1. The second-order valence-electron chi connectivity index (χ2n) is 5.75. The van der Waals surface area contributed by atoms with Crippen LogP contribution in [0.2, 0.25) is 0 Å². The highest BCUT2D eigenvalue weighted by Gasteiger charge is 2.43. The lowest BCUT2D eigenvalue weighted by Crippen LogP contribution is -2.49. The maximum atomic E-state index is 5.83. The topological polar surface area (TPSA) is 32.5 Å². The molecule has 0 aromatic carbocycles. The van der Waals surface area contributed by atoms with Crippen molar-refractivity contribution in [2.45, 2.75) is 31.7 Å². The van der Waals surface area contributed by atoms with Crippen molar-refractivity contribution in [3.8, 4) is 0 Å². The summed E-state index contributed by atoms with van der Waals surface area (Å²) in [6.07, 6.45) is 5.64. The Kier molecular flexibility index (Phi) is 2.49. The lowest BCUT2D eigenvalue weighted by atomic mass is 10.1. The van der Waals surface area contributed by atoms with Gasteiger partial charge < -0.3 is 10.6 Å². The van der Waals surface area contributed by atoms with E-state index in [0.29, 0.717) is 5.41 Å². The Hall–Kier alpha value is -0.120. The number of hydrogen-bond acceptors (Lipinski definition) is 3. The Morgan fingerprint density at radius 2 is 1.73 bits per heavy atom. The molecule has 3 fully saturated rings. The van der Waals surface area contributed by atoms with Gasteiger partial charge >= 0.3 is 0 Å². The van der Waals surface area contributed by atoms with E-state index in [1.165, 1.54) is 58.4 Å². The van der Waals surface area contributed by atoms with Crippen LogP contribution in [0.1, 0.15) is 25.7 Å². The molecule has 3 aliphatic rings. The van der Waals surface area contributed by atoms with Crippen LogP contribution in [0.3, 0.4) is 0 Å². The Balaban J connectivity index is 1.45. The molecule has 1 heterocycles. The molecule has 0 aromatic rings. The van der Waals surface area contributed by atoms with Crippen LogP contribution < -0.4 is 5.73 Å². The summed E-state index contributed by atoms with van der Waals surface area (Å²) in [6.45, 7) is 7.31. The SMILES string of the molecule is NCC1(CN2CCN(C3CC3)CC2)CC1. The Bertz CT molecular complexity index is 225. The minimum atomic E-state index is 0.530. The normalized spacial score (nSPS) is 31.8. The van der Waals surface area contributed by atoms with Crippen LogP contribution >= 0.6 is 0 Å². The van der Waals surface area contributed by atoms with E-state index in [1.54, 1.807) is 0 Å². The second kappa shape index (κ2) is 3.72. The molecule has 0 amide bonds. The quantitative estimate of drug-likeness (QED) is 0.732. The summed E-state index contributed by atoms with van der Waals surface area (Å²) in [6, 6.07) is 0.955. The van der Waals surface area contributed by atoms with Gasteiger partial charge in [-0.3, -0.25) is 4.90 Å². The monoisotopic (exact) mass is 209 g/mol. The second-order valence-corrected chi connectivity index (χ2v) is 5.75. The Labute approximate surface area is 92.6 Å². The van der Waals surface area contributed by atoms with Crippen LogP contribution in [0.4, 0.5) is 0 Å². The fraction of sp³-hybridized carbons (Fsp3) is 1.00. The zero-order valence-corrected chi connectivity index (χ0v) is 9.62. The van der Waals surface area contributed by atoms with Gasteiger partial charge in [0.2, 0.25) is 0 Å². The maximum absolute atomic E-state index is 5.83. The van der Waals surface area contributed by atoms with Crippen LogP contribution in [0.25, 0.3) is 0 Å². The first kappa shape index (κ1) is 10.1. The molecule has 3 nitrogen and oxygen atoms in total. The minimum Gasteiger partial charge on any atom is -0.330 e. The molecule has 0 unspecified atom stereocenters. The van der Waals surface area contributed by atoms with Crippen molar-refractivity contribution in [2.75, 3.05) is 39.3 Å². The molecule has 2 aliphatic carbocycles. The van der Waals surface area contributed by atoms with E-state index < -0.39 is 0 Å². The standard InChI is InChI=1S/C12H23N3/c13-9-12(3-4-12)10-14-5-7-15(8-6-14)11-1-2-11/h11H,1-10,13H2. The summed E-state index contributed by atoms with van der Waals surface area (Å²) >= 11 is 0. The molecule has 3 rings (SSSR count). The molecule has 15 heavy (non-hydrogen) atoms. The minimum absolute atomic E-state index is 0.530. The smallest absolute Gasteiger partial charge is 0.0113 e. The third-order valence-corrected chi connectivity index (χ3v) is 4.42. The molecule has 3 heteroatoms. The molecule has 0 spiro atoms. The molecule has 0 radical (unpaired) electrons. The van der Waals surface area contributed by atoms with Gasteiger partial charge in [0.15, 0.2) is 0 Å². The summed E-state index contributed by atoms with van der Waals surface area (Å²) in [5.74, 6) is 0. The summed E-state index contributed by atoms with van der Waals surface area (Å²) in [5.41, 5.74) is 6.36. The molecule has 86 valence electrons. The van der Waals surface area contributed by atoms with E-state index in [-0.39, 0.29) is 0 Å². The molecular formula is C12H23N3. The largest absolute Gasteiger partial charge is 0.330 e. The molecule has 0 aromatic heterocycles. The summed E-state index contributed by atoms with van der Waals surface area (Å²) < 4.78 is 0. The predicted molar refractivity (Wildman–Crippen MR) is 61.8 cm³/mol. The zero-order chi connectivity index (χ0) is 10.3. The van der Waals surface area contributed by atoms with Crippen LogP contribution in [-0.4, -0.2) is 55.1 Å². The lowest BCUT2D eigenvalue weighted by Gasteiger charge is -2.36. The first-order valence-corrected chi connectivity index (χ1v) is 6.48. The Morgan fingerprint density at radius 1 is 1.07 bits per heavy atom. The first-order chi connectivity index (χ1) is 7.31. The van der Waals surface area contributed by atoms with E-state index >= 15 is 0 Å². The van der Waals surface area contributed by atoms with Gasteiger partial charge in [0.25, 0.3) is 0 Å². The molecule has 1 saturated heterocycles. The van der Waals surface area contributed by atoms with Crippen molar-refractivity contribution in [1.82, 2.24) is 9.80 Å². The van der Waals surface area contributed by atoms with Crippen molar-refractivity contribution in [2.24, 2.45) is 11.1 Å². The van der Waals surface area contributed by atoms with Gasteiger partial charge in [-0.05, 0) is 37.6 Å². The van der Waals surface area contributed by atoms with Gasteiger partial charge in [0.1, 0.15) is 0 Å². The molecule has 2 N–H and O–H groups in total. The third kappa shape index (κ3) is 2.19. The van der Waals surface area contributed by atoms with Crippen LogP contribution in [0.5, 0.6) is 0 Å². The van der Waals surface area contributed by atoms with Gasteiger partial charge in [-0.1, -0.05) is 0 Å². The summed E-state index contributed by atoms with van der Waals surface area (Å²) in [4.78, 5) is 5.32. The van der Waals surface area contributed by atoms with E-state index in [0.717, 1.165) is 12.6 Å². The van der Waals surface area contributed by atoms with Gasteiger partial charge in [-0.2, -0.15) is 0 Å². The molecule has 0 bridgehead atoms. The molecule has 0 atom stereocenters. The fourth-order valence-electron chi connectivity index (χ4n) is 2.80. The van der Waals surface area contributed by atoms with Crippen LogP contribution in [-0.2, 0) is 0 Å². The summed E-state index contributed by atoms with van der Waals surface area (Å²) in [7, 11) is 0. The van der Waals surface area contributed by atoms with Crippen molar-refractivity contribution >= 4 is 0 Å². The van der Waals surface area contributed by atoms with Crippen molar-refractivity contribution in [3.63, 3.8) is 0 Å². The number of piperazine rings is 1. The average molecular weight is 209 g/mol. The van der Waals surface area contributed by atoms with Crippen molar-refractivity contribution in [1.29, 1.82) is 0 Å². The van der Waals surface area contributed by atoms with Crippen LogP contribution in [0, 0.1) is 5.41 Å². The maximum Gasteiger partial charge on any atom is 0.0113 e. The van der Waals surface area contributed by atoms with E-state index in [9.17, 15) is 0 Å². The fourth-order valence-corrected chi connectivity index (χ4v) is 2.80. The number of rotatable bonds is 4. The zero-order valence-electron chi connectivity index (χ0n) is 9.62. The average Bonchev–Trinajstić information content (AvgIpc) is 3.14. The molecule has 2 saturated carbocycles. The van der Waals surface area contributed by atoms with Gasteiger partial charge in [-0.15, -0.1) is 0 Å². The molecule has 1 aliphatic heterocycles. The Morgan fingerprint density at radius 3 is 2.20 bits per heavy atom. The first-order valence-electron chi connectivity index (χ1n) is 6.48. The van der Waals surface area contributed by atoms with E-state index in [1.807, 2.05) is 0 Å². The van der Waals surface area contributed by atoms with Gasteiger partial charge in [0, 0.05) is 38.8 Å². The molecular weight excluding hydrogens is 186 g/mol. The van der Waals surface area contributed by atoms with Crippen LogP contribution in [0.15, 0.2) is 0 Å². The predicted octanol–water partition coefficient (Wildman–Crippen LogP) is 0.505. The highest BCUT2D eigenvalue weighted by atomic mass is 15.3. The van der Waals surface area contributed by atoms with E-state index in [2.05, 4.69) is 9.80 Å². The summed E-state index contributed by atoms with van der Waals surface area (Å²) in [5, 5.41) is 0. The van der Waals surface area contributed by atoms with Crippen molar-refractivity contribution in [3.05, 3.63) is 0 Å². The third-order valence-electron chi connectivity index (χ3n) is 4.42. The number of hydrogen-bond donors (Lipinski definition) is 1. The van der Waals surface area contributed by atoms with E-state index in [4.69, 9.17) is 5.73 Å².